The van der Waals surface area contributed by atoms with Crippen LogP contribution in [0.15, 0.2) is 12.2 Å². The van der Waals surface area contributed by atoms with E-state index < -0.39 is 12.1 Å². The Kier molecular flexibility index (Phi) is 4.15. The lowest BCUT2D eigenvalue weighted by atomic mass is 9.93. The van der Waals surface area contributed by atoms with E-state index in [1.807, 2.05) is 6.08 Å². The standard InChI is InChI=1S/C10H15NO4/c11-10(14)15-8-4-2-1-3-7(5-6-8)9(12)13/h2,4,7-8H,1,3,5-6H2,(H2,11,14)(H,12,13)/b4-2+. The van der Waals surface area contributed by atoms with Gasteiger partial charge in [-0.2, -0.15) is 0 Å². The third kappa shape index (κ3) is 4.01. The Hall–Kier alpha value is -1.52. The molecule has 0 radical (unpaired) electrons. The SMILES string of the molecule is NC(=O)OC1/C=C/CCC(C(=O)O)CC1. The van der Waals surface area contributed by atoms with Gasteiger partial charge < -0.3 is 15.6 Å². The van der Waals surface area contributed by atoms with E-state index in [1.54, 1.807) is 6.08 Å². The molecule has 5 heteroatoms. The number of carboxylic acid groups (broad SMARTS) is 1. The molecule has 2 atom stereocenters. The molecule has 84 valence electrons. The van der Waals surface area contributed by atoms with E-state index in [4.69, 9.17) is 15.6 Å². The van der Waals surface area contributed by atoms with Gasteiger partial charge in [0.05, 0.1) is 5.92 Å². The predicted molar refractivity (Wildman–Crippen MR) is 53.2 cm³/mol. The first-order chi connectivity index (χ1) is 7.09. The van der Waals surface area contributed by atoms with Gasteiger partial charge in [-0.05, 0) is 31.8 Å². The number of hydrogen-bond donors (Lipinski definition) is 2. The number of carbonyl (C=O) groups is 2. The van der Waals surface area contributed by atoms with Crippen LogP contribution < -0.4 is 5.73 Å². The predicted octanol–water partition coefficient (Wildman–Crippen LogP) is 1.28. The third-order valence-corrected chi connectivity index (χ3v) is 2.45. The van der Waals surface area contributed by atoms with Gasteiger partial charge in [0.2, 0.25) is 0 Å². The van der Waals surface area contributed by atoms with Crippen molar-refractivity contribution in [1.29, 1.82) is 0 Å². The molecule has 2 unspecified atom stereocenters. The number of ether oxygens (including phenoxy) is 1. The Morgan fingerprint density at radius 1 is 1.33 bits per heavy atom. The molecule has 0 saturated carbocycles. The van der Waals surface area contributed by atoms with Crippen LogP contribution in [0.5, 0.6) is 0 Å². The molecule has 1 aliphatic carbocycles. The largest absolute Gasteiger partial charge is 0.481 e. The van der Waals surface area contributed by atoms with Crippen molar-refractivity contribution in [2.45, 2.75) is 31.8 Å². The van der Waals surface area contributed by atoms with E-state index in [0.717, 1.165) is 0 Å². The first kappa shape index (κ1) is 11.6. The normalized spacial score (nSPS) is 28.5. The van der Waals surface area contributed by atoms with Crippen LogP contribution in [0, 0.1) is 5.92 Å². The Bertz CT molecular complexity index is 275. The number of primary amides is 1. The lowest BCUT2D eigenvalue weighted by Gasteiger charge is -2.18. The van der Waals surface area contributed by atoms with Gasteiger partial charge in [0, 0.05) is 0 Å². The van der Waals surface area contributed by atoms with E-state index >= 15 is 0 Å². The first-order valence-corrected chi connectivity index (χ1v) is 4.95. The average Bonchev–Trinajstić information content (AvgIpc) is 2.08. The van der Waals surface area contributed by atoms with Crippen LogP contribution in [-0.2, 0) is 9.53 Å². The summed E-state index contributed by atoms with van der Waals surface area (Å²) >= 11 is 0. The van der Waals surface area contributed by atoms with Gasteiger partial charge in [-0.25, -0.2) is 4.79 Å². The first-order valence-electron chi connectivity index (χ1n) is 4.95. The minimum absolute atomic E-state index is 0.353. The Morgan fingerprint density at radius 2 is 2.07 bits per heavy atom. The summed E-state index contributed by atoms with van der Waals surface area (Å²) < 4.78 is 4.81. The molecule has 15 heavy (non-hydrogen) atoms. The van der Waals surface area contributed by atoms with Crippen molar-refractivity contribution in [2.24, 2.45) is 11.7 Å². The molecular formula is C10H15NO4. The number of hydrogen-bond acceptors (Lipinski definition) is 3. The molecule has 0 spiro atoms. The summed E-state index contributed by atoms with van der Waals surface area (Å²) in [5.74, 6) is -1.14. The van der Waals surface area contributed by atoms with E-state index in [9.17, 15) is 9.59 Å². The maximum Gasteiger partial charge on any atom is 0.405 e. The van der Waals surface area contributed by atoms with E-state index in [-0.39, 0.29) is 12.0 Å². The van der Waals surface area contributed by atoms with Crippen LogP contribution in [0.1, 0.15) is 25.7 Å². The third-order valence-electron chi connectivity index (χ3n) is 2.45. The second-order valence-electron chi connectivity index (χ2n) is 3.59. The maximum atomic E-state index is 10.8. The van der Waals surface area contributed by atoms with Crippen molar-refractivity contribution in [2.75, 3.05) is 0 Å². The van der Waals surface area contributed by atoms with Crippen molar-refractivity contribution >= 4 is 12.1 Å². The van der Waals surface area contributed by atoms with Crippen molar-refractivity contribution in [3.8, 4) is 0 Å². The highest BCUT2D eigenvalue weighted by molar-refractivity contribution is 5.70. The van der Waals surface area contributed by atoms with Crippen LogP contribution in [0.2, 0.25) is 0 Å². The van der Waals surface area contributed by atoms with Gasteiger partial charge in [-0.1, -0.05) is 6.08 Å². The van der Waals surface area contributed by atoms with E-state index in [1.165, 1.54) is 0 Å². The molecule has 1 amide bonds. The monoisotopic (exact) mass is 213 g/mol. The van der Waals surface area contributed by atoms with Gasteiger partial charge in [0.25, 0.3) is 0 Å². The molecule has 0 saturated heterocycles. The zero-order valence-corrected chi connectivity index (χ0v) is 8.39. The van der Waals surface area contributed by atoms with Crippen LogP contribution in [0.3, 0.4) is 0 Å². The summed E-state index contributed by atoms with van der Waals surface area (Å²) in [6, 6.07) is 0. The summed E-state index contributed by atoms with van der Waals surface area (Å²) in [5.41, 5.74) is 4.90. The zero-order valence-electron chi connectivity index (χ0n) is 8.39. The highest BCUT2D eigenvalue weighted by atomic mass is 16.6. The molecule has 1 rings (SSSR count). The number of allylic oxidation sites excluding steroid dienone is 1. The molecule has 0 aliphatic heterocycles. The van der Waals surface area contributed by atoms with Crippen molar-refractivity contribution in [3.63, 3.8) is 0 Å². The van der Waals surface area contributed by atoms with Crippen LogP contribution in [0.25, 0.3) is 0 Å². The molecule has 1 aliphatic rings. The fraction of sp³-hybridized carbons (Fsp3) is 0.600. The van der Waals surface area contributed by atoms with Crippen molar-refractivity contribution < 1.29 is 19.4 Å². The molecule has 0 aromatic rings. The Morgan fingerprint density at radius 3 is 2.67 bits per heavy atom. The zero-order chi connectivity index (χ0) is 11.3. The van der Waals surface area contributed by atoms with Crippen LogP contribution >= 0.6 is 0 Å². The van der Waals surface area contributed by atoms with Gasteiger partial charge in [0.15, 0.2) is 0 Å². The van der Waals surface area contributed by atoms with Gasteiger partial charge in [0.1, 0.15) is 6.10 Å². The smallest absolute Gasteiger partial charge is 0.405 e. The highest BCUT2D eigenvalue weighted by Crippen LogP contribution is 2.20. The summed E-state index contributed by atoms with van der Waals surface area (Å²) in [6.07, 6.45) is 4.74. The summed E-state index contributed by atoms with van der Waals surface area (Å²) in [4.78, 5) is 21.3. The quantitative estimate of drug-likeness (QED) is 0.676. The van der Waals surface area contributed by atoms with Crippen molar-refractivity contribution in [3.05, 3.63) is 12.2 Å². The fourth-order valence-corrected chi connectivity index (χ4v) is 1.65. The van der Waals surface area contributed by atoms with E-state index in [2.05, 4.69) is 0 Å². The topological polar surface area (TPSA) is 89.6 Å². The highest BCUT2D eigenvalue weighted by Gasteiger charge is 2.21. The number of amides is 1. The van der Waals surface area contributed by atoms with Crippen LogP contribution in [0.4, 0.5) is 4.79 Å². The minimum Gasteiger partial charge on any atom is -0.481 e. The second-order valence-corrected chi connectivity index (χ2v) is 3.59. The molecule has 0 fully saturated rings. The molecular weight excluding hydrogens is 198 g/mol. The average molecular weight is 213 g/mol. The molecule has 5 nitrogen and oxygen atoms in total. The molecule has 0 aromatic heterocycles. The van der Waals surface area contributed by atoms with Crippen molar-refractivity contribution in [1.82, 2.24) is 0 Å². The summed E-state index contributed by atoms with van der Waals surface area (Å²) in [7, 11) is 0. The second kappa shape index (κ2) is 5.38. The lowest BCUT2D eigenvalue weighted by Crippen LogP contribution is -2.24. The van der Waals surface area contributed by atoms with Crippen LogP contribution in [-0.4, -0.2) is 23.3 Å². The van der Waals surface area contributed by atoms with E-state index in [0.29, 0.717) is 25.7 Å². The van der Waals surface area contributed by atoms with Gasteiger partial charge >= 0.3 is 12.1 Å². The molecule has 3 N–H and O–H groups in total. The van der Waals surface area contributed by atoms with Gasteiger partial charge in [-0.3, -0.25) is 4.79 Å². The molecule has 0 heterocycles. The lowest BCUT2D eigenvalue weighted by molar-refractivity contribution is -0.142. The molecule has 0 bridgehead atoms. The number of rotatable bonds is 2. The Labute approximate surface area is 87.9 Å². The fourth-order valence-electron chi connectivity index (χ4n) is 1.65. The maximum absolute atomic E-state index is 10.8. The number of carbonyl (C=O) groups excluding carboxylic acids is 1. The Balaban J connectivity index is 2.53. The molecule has 0 aromatic carbocycles. The number of nitrogens with two attached hydrogens (primary N) is 1. The van der Waals surface area contributed by atoms with Gasteiger partial charge in [-0.15, -0.1) is 0 Å². The summed E-state index contributed by atoms with van der Waals surface area (Å²) in [6.45, 7) is 0. The number of aliphatic carboxylic acids is 1. The number of carboxylic acids is 1. The summed E-state index contributed by atoms with van der Waals surface area (Å²) in [5, 5.41) is 8.87. The minimum atomic E-state index is -0.822.